The molecule has 0 aliphatic carbocycles. The Hall–Kier alpha value is -3.40. The van der Waals surface area contributed by atoms with Gasteiger partial charge in [-0.1, -0.05) is 68.2 Å². The zero-order chi connectivity index (χ0) is 28.5. The average molecular weight is 572 g/mol. The van der Waals surface area contributed by atoms with Crippen molar-refractivity contribution in [3.63, 3.8) is 0 Å². The molecule has 1 aliphatic rings. The lowest BCUT2D eigenvalue weighted by molar-refractivity contribution is -0.128. The Morgan fingerprint density at radius 3 is 2.26 bits per heavy atom. The molecule has 0 saturated carbocycles. The third-order valence-electron chi connectivity index (χ3n) is 6.66. The molecule has 1 atom stereocenters. The normalized spacial score (nSPS) is 15.5. The van der Waals surface area contributed by atoms with E-state index in [9.17, 15) is 14.4 Å². The molecule has 4 rings (SSSR count). The van der Waals surface area contributed by atoms with Crippen molar-refractivity contribution in [2.24, 2.45) is 12.8 Å². The summed E-state index contributed by atoms with van der Waals surface area (Å²) in [5.74, 6) is -1.31. The van der Waals surface area contributed by atoms with Crippen LogP contribution in [0.1, 0.15) is 58.4 Å². The minimum absolute atomic E-state index is 0.162. The van der Waals surface area contributed by atoms with E-state index in [0.717, 1.165) is 16.8 Å². The number of amides is 3. The van der Waals surface area contributed by atoms with Gasteiger partial charge in [0.15, 0.2) is 6.17 Å². The highest BCUT2D eigenvalue weighted by atomic mass is 35.5. The summed E-state index contributed by atoms with van der Waals surface area (Å²) in [4.78, 5) is 43.8. The van der Waals surface area contributed by atoms with Crippen molar-refractivity contribution in [1.82, 2.24) is 24.9 Å². The summed E-state index contributed by atoms with van der Waals surface area (Å²) in [6.45, 7) is 6.94. The molecule has 0 bridgehead atoms. The fourth-order valence-corrected chi connectivity index (χ4v) is 4.76. The molecule has 2 heterocycles. The van der Waals surface area contributed by atoms with Gasteiger partial charge in [0.2, 0.25) is 0 Å². The van der Waals surface area contributed by atoms with Crippen LogP contribution in [-0.2, 0) is 30.3 Å². The Labute approximate surface area is 237 Å². The molecule has 0 radical (unpaired) electrons. The summed E-state index contributed by atoms with van der Waals surface area (Å²) in [5.41, 5.74) is 8.61. The lowest BCUT2D eigenvalue weighted by Gasteiger charge is -2.29. The van der Waals surface area contributed by atoms with Gasteiger partial charge in [-0.25, -0.2) is 0 Å². The van der Waals surface area contributed by atoms with Gasteiger partial charge in [-0.05, 0) is 35.4 Å². The first-order valence-electron chi connectivity index (χ1n) is 12.6. The summed E-state index contributed by atoms with van der Waals surface area (Å²) in [5, 5.41) is 7.93. The van der Waals surface area contributed by atoms with Crippen molar-refractivity contribution in [3.8, 4) is 0 Å². The lowest BCUT2D eigenvalue weighted by Crippen LogP contribution is -2.53. The van der Waals surface area contributed by atoms with Crippen molar-refractivity contribution in [1.29, 1.82) is 0 Å². The summed E-state index contributed by atoms with van der Waals surface area (Å²) in [7, 11) is 1.69. The van der Waals surface area contributed by atoms with Gasteiger partial charge in [0.25, 0.3) is 17.7 Å². The molecule has 3 aromatic rings. The topological polar surface area (TPSA) is 114 Å². The van der Waals surface area contributed by atoms with E-state index >= 15 is 0 Å². The molecule has 1 saturated heterocycles. The summed E-state index contributed by atoms with van der Waals surface area (Å²) >= 11 is 12.2. The van der Waals surface area contributed by atoms with Crippen LogP contribution >= 0.6 is 23.2 Å². The Morgan fingerprint density at radius 1 is 0.974 bits per heavy atom. The van der Waals surface area contributed by atoms with Crippen molar-refractivity contribution in [3.05, 3.63) is 86.7 Å². The van der Waals surface area contributed by atoms with Crippen LogP contribution in [0.4, 0.5) is 0 Å². The van der Waals surface area contributed by atoms with Gasteiger partial charge in [0.1, 0.15) is 5.69 Å². The maximum absolute atomic E-state index is 13.8. The number of nitrogens with zero attached hydrogens (tertiary/aromatic N) is 4. The molecular formula is C28H32Cl2N6O3. The second kappa shape index (κ2) is 11.4. The van der Waals surface area contributed by atoms with Crippen molar-refractivity contribution in [2.45, 2.75) is 45.4 Å². The Balaban J connectivity index is 1.65. The molecule has 1 fully saturated rings. The fraction of sp³-hybridized carbons (Fsp3) is 0.357. The van der Waals surface area contributed by atoms with Crippen LogP contribution < -0.4 is 11.1 Å². The minimum Gasteiger partial charge on any atom is -0.349 e. The van der Waals surface area contributed by atoms with Crippen LogP contribution in [0.25, 0.3) is 0 Å². The monoisotopic (exact) mass is 570 g/mol. The molecule has 3 amide bonds. The van der Waals surface area contributed by atoms with E-state index in [1.807, 2.05) is 45.0 Å². The zero-order valence-electron chi connectivity index (χ0n) is 22.4. The van der Waals surface area contributed by atoms with Crippen LogP contribution in [0, 0.1) is 0 Å². The lowest BCUT2D eigenvalue weighted by atomic mass is 9.92. The number of hydrogen-bond donors (Lipinski definition) is 2. The summed E-state index contributed by atoms with van der Waals surface area (Å²) in [6.07, 6.45) is -1.18. The van der Waals surface area contributed by atoms with Crippen LogP contribution in [0.3, 0.4) is 0 Å². The number of carbonyl (C=O) groups excluding carboxylic acids is 3. The number of carbonyl (C=O) groups is 3. The molecular weight excluding hydrogens is 539 g/mol. The molecule has 11 heteroatoms. The molecule has 3 N–H and O–H groups in total. The summed E-state index contributed by atoms with van der Waals surface area (Å²) in [6, 6.07) is 13.8. The third-order valence-corrected chi connectivity index (χ3v) is 7.40. The molecule has 1 aromatic heterocycles. The molecule has 1 aliphatic heterocycles. The predicted molar refractivity (Wildman–Crippen MR) is 150 cm³/mol. The number of nitrogens with one attached hydrogen (secondary N) is 1. The SMILES string of the molecule is Cn1nc(C(C)(C)C)cc1C(=O)N1CCN(C(=O)c2ccc(Cl)c(Cl)c2)C1C(=O)NCc1cccc(CN)c1. The maximum atomic E-state index is 13.8. The van der Waals surface area contributed by atoms with Crippen LogP contribution in [0.15, 0.2) is 48.5 Å². The largest absolute Gasteiger partial charge is 0.349 e. The molecule has 0 spiro atoms. The maximum Gasteiger partial charge on any atom is 0.274 e. The van der Waals surface area contributed by atoms with Gasteiger partial charge in [-0.15, -0.1) is 0 Å². The highest BCUT2D eigenvalue weighted by molar-refractivity contribution is 6.42. The summed E-state index contributed by atoms with van der Waals surface area (Å²) < 4.78 is 1.51. The number of aromatic nitrogens is 2. The van der Waals surface area contributed by atoms with Gasteiger partial charge in [0, 0.05) is 44.2 Å². The second-order valence-electron chi connectivity index (χ2n) is 10.5. The molecule has 206 valence electrons. The number of rotatable bonds is 6. The number of halogens is 2. The van der Waals surface area contributed by atoms with E-state index in [0.29, 0.717) is 17.3 Å². The van der Waals surface area contributed by atoms with Gasteiger partial charge in [-0.3, -0.25) is 19.1 Å². The third kappa shape index (κ3) is 6.11. The van der Waals surface area contributed by atoms with E-state index in [1.165, 1.54) is 26.6 Å². The number of benzene rings is 2. The van der Waals surface area contributed by atoms with Gasteiger partial charge in [-0.2, -0.15) is 5.10 Å². The number of aryl methyl sites for hydroxylation is 1. The van der Waals surface area contributed by atoms with Crippen LogP contribution in [-0.4, -0.2) is 56.6 Å². The highest BCUT2D eigenvalue weighted by Gasteiger charge is 2.44. The number of nitrogens with two attached hydrogens (primary N) is 1. The Bertz CT molecular complexity index is 1410. The smallest absolute Gasteiger partial charge is 0.274 e. The van der Waals surface area contributed by atoms with Gasteiger partial charge in [0.05, 0.1) is 15.7 Å². The molecule has 1 unspecified atom stereocenters. The van der Waals surface area contributed by atoms with Crippen LogP contribution in [0.2, 0.25) is 10.0 Å². The van der Waals surface area contributed by atoms with Crippen molar-refractivity contribution in [2.75, 3.05) is 13.1 Å². The van der Waals surface area contributed by atoms with Crippen molar-refractivity contribution >= 4 is 40.9 Å². The fourth-order valence-electron chi connectivity index (χ4n) is 4.46. The van der Waals surface area contributed by atoms with Gasteiger partial charge >= 0.3 is 0 Å². The van der Waals surface area contributed by atoms with Crippen molar-refractivity contribution < 1.29 is 14.4 Å². The van der Waals surface area contributed by atoms with E-state index in [1.54, 1.807) is 19.2 Å². The first-order valence-corrected chi connectivity index (χ1v) is 13.3. The second-order valence-corrected chi connectivity index (χ2v) is 11.3. The van der Waals surface area contributed by atoms with E-state index < -0.39 is 23.9 Å². The molecule has 39 heavy (non-hydrogen) atoms. The van der Waals surface area contributed by atoms with E-state index in [4.69, 9.17) is 28.9 Å². The Kier molecular flexibility index (Phi) is 8.34. The number of hydrogen-bond acceptors (Lipinski definition) is 5. The van der Waals surface area contributed by atoms with E-state index in [2.05, 4.69) is 10.4 Å². The van der Waals surface area contributed by atoms with E-state index in [-0.39, 0.29) is 35.6 Å². The average Bonchev–Trinajstić information content (AvgIpc) is 3.52. The molecule has 2 aromatic carbocycles. The minimum atomic E-state index is -1.18. The predicted octanol–water partition coefficient (Wildman–Crippen LogP) is 3.72. The first kappa shape index (κ1) is 28.6. The highest BCUT2D eigenvalue weighted by Crippen LogP contribution is 2.27. The Morgan fingerprint density at radius 2 is 1.64 bits per heavy atom. The standard InChI is InChI=1S/C28H32Cl2N6O3/c1-28(2,3)23-14-22(34(4)33-23)27(39)36-11-10-35(26(38)19-8-9-20(29)21(30)13-19)25(36)24(37)32-16-18-7-5-6-17(12-18)15-31/h5-9,12-14,25H,10-11,15-16,31H2,1-4H3,(H,32,37). The first-order chi connectivity index (χ1) is 18.4. The zero-order valence-corrected chi connectivity index (χ0v) is 23.9. The van der Waals surface area contributed by atoms with Gasteiger partial charge < -0.3 is 20.9 Å². The van der Waals surface area contributed by atoms with Crippen LogP contribution in [0.5, 0.6) is 0 Å². The quantitative estimate of drug-likeness (QED) is 0.468. The molecule has 9 nitrogen and oxygen atoms in total.